The highest BCUT2D eigenvalue weighted by Crippen LogP contribution is 3.03. The van der Waals surface area contributed by atoms with Crippen LogP contribution in [0.25, 0.3) is 0 Å². The molecular formula is C14H33O4P3. The van der Waals surface area contributed by atoms with E-state index in [1.807, 2.05) is 62.3 Å². The van der Waals surface area contributed by atoms with Crippen molar-refractivity contribution >= 4 is 21.4 Å². The molecule has 0 aromatic carbocycles. The Bertz CT molecular complexity index is 416. The van der Waals surface area contributed by atoms with E-state index >= 15 is 0 Å². The maximum atomic E-state index is 13.8. The second-order valence-corrected chi connectivity index (χ2v) is 22.1. The van der Waals surface area contributed by atoms with Gasteiger partial charge in [0.2, 0.25) is 14.1 Å². The summed E-state index contributed by atoms with van der Waals surface area (Å²) >= 11 is 0. The fourth-order valence-electron chi connectivity index (χ4n) is 2.22. The molecule has 4 nitrogen and oxygen atoms in total. The van der Waals surface area contributed by atoms with Crippen molar-refractivity contribution in [2.75, 3.05) is 14.2 Å². The topological polar surface area (TPSA) is 52.6 Å². The zero-order valence-corrected chi connectivity index (χ0v) is 18.2. The smallest absolute Gasteiger partial charge is 0.237 e. The number of rotatable bonds is 4. The summed E-state index contributed by atoms with van der Waals surface area (Å²) in [5, 5.41) is -1.58. The average molecular weight is 358 g/mol. The number of hydrogen-bond acceptors (Lipinski definition) is 4. The van der Waals surface area contributed by atoms with Gasteiger partial charge in [0.05, 0.1) is 7.30 Å². The van der Waals surface area contributed by atoms with Gasteiger partial charge in [0.1, 0.15) is 0 Å². The summed E-state index contributed by atoms with van der Waals surface area (Å²) in [6, 6.07) is 0. The molecule has 0 rings (SSSR count). The maximum Gasteiger partial charge on any atom is 0.237 e. The van der Waals surface area contributed by atoms with Crippen molar-refractivity contribution in [1.29, 1.82) is 0 Å². The summed E-state index contributed by atoms with van der Waals surface area (Å²) in [4.78, 5) is 0. The molecule has 7 heteroatoms. The first-order chi connectivity index (χ1) is 8.99. The number of hydrogen-bond donors (Lipinski definition) is 0. The summed E-state index contributed by atoms with van der Waals surface area (Å²) in [6.07, 6.45) is 0. The molecule has 21 heavy (non-hydrogen) atoms. The van der Waals surface area contributed by atoms with Crippen molar-refractivity contribution in [3.05, 3.63) is 0 Å². The van der Waals surface area contributed by atoms with Crippen LogP contribution < -0.4 is 0 Å². The van der Waals surface area contributed by atoms with E-state index in [1.165, 1.54) is 14.2 Å². The van der Waals surface area contributed by atoms with Gasteiger partial charge in [-0.2, -0.15) is 0 Å². The lowest BCUT2D eigenvalue weighted by molar-refractivity contribution is 0.379. The fourth-order valence-corrected chi connectivity index (χ4v) is 25.6. The van der Waals surface area contributed by atoms with E-state index in [0.29, 0.717) is 0 Å². The molecule has 2 unspecified atom stereocenters. The molecule has 0 aliphatic rings. The van der Waals surface area contributed by atoms with Crippen LogP contribution in [0.4, 0.5) is 0 Å². The standard InChI is InChI=1S/C14H33O4P3/c1-12(2,3)19(20(15,17-10)13(4,5)6)21(16,18-11)14(7,8)9/h1-11H3. The average Bonchev–Trinajstić information content (AvgIpc) is 2.23. The lowest BCUT2D eigenvalue weighted by atomic mass is 10.3. The summed E-state index contributed by atoms with van der Waals surface area (Å²) < 4.78 is 38.6. The second-order valence-electron chi connectivity index (χ2n) is 8.21. The van der Waals surface area contributed by atoms with Gasteiger partial charge in [-0.25, -0.2) is 0 Å². The van der Waals surface area contributed by atoms with Gasteiger partial charge in [-0.1, -0.05) is 62.3 Å². The molecule has 0 heterocycles. The van der Waals surface area contributed by atoms with Gasteiger partial charge in [-0.05, 0) is 5.16 Å². The van der Waals surface area contributed by atoms with E-state index in [1.54, 1.807) is 0 Å². The van der Waals surface area contributed by atoms with Crippen molar-refractivity contribution < 1.29 is 18.2 Å². The van der Waals surface area contributed by atoms with Crippen LogP contribution in [0.2, 0.25) is 0 Å². The SMILES string of the molecule is COP(=O)(P(C(C)(C)C)P(=O)(OC)C(C)(C)C)C(C)(C)C. The molecule has 0 bridgehead atoms. The van der Waals surface area contributed by atoms with Gasteiger partial charge in [0.15, 0.2) is 0 Å². The molecule has 0 aliphatic carbocycles. The quantitative estimate of drug-likeness (QED) is 0.535. The Morgan fingerprint density at radius 2 is 0.905 bits per heavy atom. The van der Waals surface area contributed by atoms with Crippen LogP contribution in [0, 0.1) is 0 Å². The van der Waals surface area contributed by atoms with Crippen LogP contribution in [0.5, 0.6) is 0 Å². The van der Waals surface area contributed by atoms with E-state index in [2.05, 4.69) is 0 Å². The van der Waals surface area contributed by atoms with Gasteiger partial charge in [0.25, 0.3) is 0 Å². The van der Waals surface area contributed by atoms with Crippen LogP contribution in [0.3, 0.4) is 0 Å². The van der Waals surface area contributed by atoms with Crippen molar-refractivity contribution in [2.45, 2.75) is 77.8 Å². The Kier molecular flexibility index (Phi) is 6.61. The first-order valence-electron chi connectivity index (χ1n) is 7.12. The minimum Gasteiger partial charge on any atom is -0.328 e. The minimum absolute atomic E-state index is 0.410. The molecule has 0 aromatic heterocycles. The molecule has 0 N–H and O–H groups in total. The van der Waals surface area contributed by atoms with Crippen molar-refractivity contribution in [2.24, 2.45) is 0 Å². The van der Waals surface area contributed by atoms with Crippen LogP contribution in [0.1, 0.15) is 62.3 Å². The molecule has 0 saturated carbocycles. The Hall–Kier alpha value is 0.810. The predicted molar refractivity (Wildman–Crippen MR) is 95.4 cm³/mol. The molecule has 128 valence electrons. The first kappa shape index (κ1) is 21.8. The van der Waals surface area contributed by atoms with Gasteiger partial charge in [-0.3, -0.25) is 9.13 Å². The van der Waals surface area contributed by atoms with E-state index in [0.717, 1.165) is 0 Å². The molecule has 0 fully saturated rings. The van der Waals surface area contributed by atoms with Crippen LogP contribution in [-0.4, -0.2) is 29.7 Å². The third-order valence-corrected chi connectivity index (χ3v) is 25.3. The van der Waals surface area contributed by atoms with Crippen LogP contribution >= 0.6 is 21.4 Å². The van der Waals surface area contributed by atoms with E-state index in [4.69, 9.17) is 9.05 Å². The van der Waals surface area contributed by atoms with Crippen LogP contribution in [0.15, 0.2) is 0 Å². The van der Waals surface area contributed by atoms with Gasteiger partial charge in [-0.15, -0.1) is 0 Å². The second kappa shape index (κ2) is 6.37. The highest BCUT2D eigenvalue weighted by molar-refractivity contribution is 8.62. The molecule has 0 spiro atoms. The Morgan fingerprint density at radius 3 is 1.00 bits per heavy atom. The molecule has 0 aromatic rings. The molecule has 0 amide bonds. The highest BCUT2D eigenvalue weighted by Gasteiger charge is 2.61. The molecule has 0 radical (unpaired) electrons. The lowest BCUT2D eigenvalue weighted by Gasteiger charge is -2.48. The zero-order chi connectivity index (χ0) is 17.5. The minimum atomic E-state index is -3.17. The molecular weight excluding hydrogens is 325 g/mol. The van der Waals surface area contributed by atoms with Crippen molar-refractivity contribution in [3.8, 4) is 0 Å². The first-order valence-corrected chi connectivity index (χ1v) is 13.1. The summed E-state index contributed by atoms with van der Waals surface area (Å²) in [5.74, 6) is 0. The largest absolute Gasteiger partial charge is 0.328 e. The summed E-state index contributed by atoms with van der Waals surface area (Å²) in [5.41, 5.74) is 0. The molecule has 0 aliphatic heterocycles. The summed E-state index contributed by atoms with van der Waals surface area (Å²) in [7, 11) is -4.91. The van der Waals surface area contributed by atoms with Gasteiger partial charge < -0.3 is 9.05 Å². The van der Waals surface area contributed by atoms with Gasteiger partial charge in [0, 0.05) is 24.5 Å². The van der Waals surface area contributed by atoms with Crippen molar-refractivity contribution in [3.63, 3.8) is 0 Å². The van der Waals surface area contributed by atoms with Gasteiger partial charge >= 0.3 is 0 Å². The normalized spacial score (nSPS) is 21.5. The van der Waals surface area contributed by atoms with E-state index in [9.17, 15) is 9.13 Å². The van der Waals surface area contributed by atoms with Crippen molar-refractivity contribution in [1.82, 2.24) is 0 Å². The maximum absolute atomic E-state index is 13.8. The van der Waals surface area contributed by atoms with Crippen LogP contribution in [-0.2, 0) is 18.2 Å². The monoisotopic (exact) mass is 358 g/mol. The zero-order valence-electron chi connectivity index (χ0n) is 15.5. The highest BCUT2D eigenvalue weighted by atomic mass is 32.5. The van der Waals surface area contributed by atoms with E-state index < -0.39 is 36.9 Å². The van der Waals surface area contributed by atoms with E-state index in [-0.39, 0.29) is 0 Å². The summed E-state index contributed by atoms with van der Waals surface area (Å²) in [6.45, 7) is 17.3. The molecule has 0 saturated heterocycles. The molecule has 2 atom stereocenters. The Labute approximate surface area is 132 Å². The Morgan fingerprint density at radius 1 is 0.667 bits per heavy atom. The third-order valence-electron chi connectivity index (χ3n) is 3.29. The Balaban J connectivity index is 6.58. The third kappa shape index (κ3) is 4.02. The fraction of sp³-hybridized carbons (Fsp3) is 1.00. The predicted octanol–water partition coefficient (Wildman–Crippen LogP) is 6.54. The lowest BCUT2D eigenvalue weighted by Crippen LogP contribution is -2.26.